The predicted molar refractivity (Wildman–Crippen MR) is 81.3 cm³/mol. The average Bonchev–Trinajstić information content (AvgIpc) is 2.75. The van der Waals surface area contributed by atoms with Crippen molar-refractivity contribution in [3.8, 4) is 22.4 Å². The number of halogens is 2. The highest BCUT2D eigenvalue weighted by molar-refractivity contribution is 6.30. The normalized spacial score (nSPS) is 10.8. The zero-order valence-electron chi connectivity index (χ0n) is 11.2. The number of benzene rings is 1. The molecule has 21 heavy (non-hydrogen) atoms. The van der Waals surface area contributed by atoms with Crippen LogP contribution in [0.5, 0.6) is 0 Å². The summed E-state index contributed by atoms with van der Waals surface area (Å²) in [6.45, 7) is 0. The number of nitrogens with two attached hydrogens (primary N) is 1. The van der Waals surface area contributed by atoms with Crippen LogP contribution >= 0.6 is 11.6 Å². The molecular weight excluding hydrogens is 291 g/mol. The second-order valence-electron chi connectivity index (χ2n) is 4.60. The van der Waals surface area contributed by atoms with Gasteiger partial charge in [0.15, 0.2) is 5.82 Å². The smallest absolute Gasteiger partial charge is 0.150 e. The molecule has 0 spiro atoms. The summed E-state index contributed by atoms with van der Waals surface area (Å²) in [6, 6.07) is 8.80. The van der Waals surface area contributed by atoms with Gasteiger partial charge in [0.2, 0.25) is 0 Å². The van der Waals surface area contributed by atoms with Crippen molar-refractivity contribution >= 4 is 17.4 Å². The van der Waals surface area contributed by atoms with Crippen molar-refractivity contribution in [2.24, 2.45) is 7.05 Å². The van der Waals surface area contributed by atoms with E-state index < -0.39 is 5.82 Å². The van der Waals surface area contributed by atoms with Crippen LogP contribution < -0.4 is 5.73 Å². The fourth-order valence-electron chi connectivity index (χ4n) is 2.22. The van der Waals surface area contributed by atoms with Gasteiger partial charge in [-0.05, 0) is 23.8 Å². The molecule has 0 aliphatic rings. The molecule has 0 saturated heterocycles. The van der Waals surface area contributed by atoms with Gasteiger partial charge in [0.25, 0.3) is 0 Å². The van der Waals surface area contributed by atoms with Crippen molar-refractivity contribution in [2.75, 3.05) is 5.73 Å². The first kappa shape index (κ1) is 13.6. The van der Waals surface area contributed by atoms with Gasteiger partial charge in [0.1, 0.15) is 11.5 Å². The molecule has 0 aliphatic carbocycles. The van der Waals surface area contributed by atoms with Crippen LogP contribution in [0.25, 0.3) is 22.4 Å². The van der Waals surface area contributed by atoms with E-state index in [1.165, 1.54) is 10.9 Å². The maximum atomic E-state index is 14.0. The Labute approximate surface area is 126 Å². The summed E-state index contributed by atoms with van der Waals surface area (Å²) in [6.07, 6.45) is 2.67. The Morgan fingerprint density at radius 1 is 1.29 bits per heavy atom. The zero-order chi connectivity index (χ0) is 15.0. The summed E-state index contributed by atoms with van der Waals surface area (Å²) < 4.78 is 15.5. The Kier molecular flexibility index (Phi) is 3.35. The van der Waals surface area contributed by atoms with Gasteiger partial charge in [-0.15, -0.1) is 0 Å². The summed E-state index contributed by atoms with van der Waals surface area (Å²) in [5.74, 6) is 0.00218. The van der Waals surface area contributed by atoms with Crippen molar-refractivity contribution < 1.29 is 4.39 Å². The zero-order valence-corrected chi connectivity index (χ0v) is 12.0. The van der Waals surface area contributed by atoms with E-state index in [1.807, 2.05) is 12.1 Å². The number of hydrogen-bond acceptors (Lipinski definition) is 3. The van der Waals surface area contributed by atoms with Gasteiger partial charge in [-0.1, -0.05) is 23.7 Å². The highest BCUT2D eigenvalue weighted by Gasteiger charge is 2.19. The minimum atomic E-state index is -0.445. The van der Waals surface area contributed by atoms with Gasteiger partial charge in [0.05, 0.1) is 11.8 Å². The van der Waals surface area contributed by atoms with Gasteiger partial charge in [-0.25, -0.2) is 4.39 Å². The highest BCUT2D eigenvalue weighted by atomic mass is 35.5. The van der Waals surface area contributed by atoms with Crippen LogP contribution in [0.2, 0.25) is 5.02 Å². The first-order valence-electron chi connectivity index (χ1n) is 6.26. The van der Waals surface area contributed by atoms with Gasteiger partial charge in [-0.2, -0.15) is 5.10 Å². The van der Waals surface area contributed by atoms with Crippen molar-refractivity contribution in [1.82, 2.24) is 14.8 Å². The lowest BCUT2D eigenvalue weighted by Crippen LogP contribution is -1.97. The maximum absolute atomic E-state index is 14.0. The van der Waals surface area contributed by atoms with Crippen LogP contribution in [0.1, 0.15) is 0 Å². The van der Waals surface area contributed by atoms with Gasteiger partial charge in [0, 0.05) is 23.8 Å². The van der Waals surface area contributed by atoms with E-state index in [4.69, 9.17) is 17.3 Å². The SMILES string of the molecule is Cn1nc(-c2ccncc2F)c(-c2cccc(Cl)c2)c1N. The standard InChI is InChI=1S/C15H12ClFN4/c1-21-15(18)13(9-3-2-4-10(16)7-9)14(20-21)11-5-6-19-8-12(11)17/h2-8H,18H2,1H3. The monoisotopic (exact) mass is 302 g/mol. The first-order valence-corrected chi connectivity index (χ1v) is 6.64. The van der Waals surface area contributed by atoms with E-state index in [2.05, 4.69) is 10.1 Å². The molecule has 3 rings (SSSR count). The van der Waals surface area contributed by atoms with Crippen molar-refractivity contribution in [1.29, 1.82) is 0 Å². The molecule has 2 N–H and O–H groups in total. The number of anilines is 1. The second-order valence-corrected chi connectivity index (χ2v) is 5.03. The molecule has 2 heterocycles. The van der Waals surface area contributed by atoms with Crippen LogP contribution in [0.4, 0.5) is 10.2 Å². The predicted octanol–water partition coefficient (Wildman–Crippen LogP) is 3.52. The Morgan fingerprint density at radius 3 is 2.81 bits per heavy atom. The van der Waals surface area contributed by atoms with E-state index in [1.54, 1.807) is 25.2 Å². The summed E-state index contributed by atoms with van der Waals surface area (Å²) in [5.41, 5.74) is 8.36. The van der Waals surface area contributed by atoms with E-state index in [0.717, 1.165) is 11.8 Å². The van der Waals surface area contributed by atoms with Crippen molar-refractivity contribution in [3.05, 3.63) is 53.6 Å². The molecule has 6 heteroatoms. The minimum absolute atomic E-state index is 0.354. The fourth-order valence-corrected chi connectivity index (χ4v) is 2.41. The third kappa shape index (κ3) is 2.36. The summed E-state index contributed by atoms with van der Waals surface area (Å²) in [5, 5.41) is 4.91. The molecule has 0 fully saturated rings. The summed E-state index contributed by atoms with van der Waals surface area (Å²) >= 11 is 6.03. The quantitative estimate of drug-likeness (QED) is 0.788. The van der Waals surface area contributed by atoms with Crippen molar-refractivity contribution in [2.45, 2.75) is 0 Å². The van der Waals surface area contributed by atoms with Crippen LogP contribution in [-0.2, 0) is 7.05 Å². The molecule has 106 valence electrons. The molecule has 0 unspecified atom stereocenters. The lowest BCUT2D eigenvalue weighted by atomic mass is 10.0. The number of rotatable bonds is 2. The highest BCUT2D eigenvalue weighted by Crippen LogP contribution is 2.37. The Bertz CT molecular complexity index is 813. The summed E-state index contributed by atoms with van der Waals surface area (Å²) in [7, 11) is 1.71. The van der Waals surface area contributed by atoms with E-state index in [0.29, 0.717) is 27.7 Å². The topological polar surface area (TPSA) is 56.7 Å². The fraction of sp³-hybridized carbons (Fsp3) is 0.0667. The van der Waals surface area contributed by atoms with Crippen LogP contribution in [-0.4, -0.2) is 14.8 Å². The molecule has 1 aromatic carbocycles. The molecule has 0 amide bonds. The third-order valence-corrected chi connectivity index (χ3v) is 3.47. The first-order chi connectivity index (χ1) is 10.1. The molecule has 3 aromatic rings. The molecule has 0 radical (unpaired) electrons. The third-order valence-electron chi connectivity index (χ3n) is 3.23. The number of hydrogen-bond donors (Lipinski definition) is 1. The number of aryl methyl sites for hydroxylation is 1. The van der Waals surface area contributed by atoms with Crippen molar-refractivity contribution in [3.63, 3.8) is 0 Å². The Hall–Kier alpha value is -2.40. The number of nitrogen functional groups attached to an aromatic ring is 1. The Balaban J connectivity index is 2.29. The van der Waals surface area contributed by atoms with Gasteiger partial charge in [-0.3, -0.25) is 9.67 Å². The lowest BCUT2D eigenvalue weighted by Gasteiger charge is -2.05. The van der Waals surface area contributed by atoms with E-state index in [9.17, 15) is 4.39 Å². The minimum Gasteiger partial charge on any atom is -0.383 e. The van der Waals surface area contributed by atoms with Crippen LogP contribution in [0, 0.1) is 5.82 Å². The Morgan fingerprint density at radius 2 is 2.10 bits per heavy atom. The number of nitrogens with zero attached hydrogens (tertiary/aromatic N) is 3. The average molecular weight is 303 g/mol. The molecule has 2 aromatic heterocycles. The summed E-state index contributed by atoms with van der Waals surface area (Å²) in [4.78, 5) is 3.75. The van der Waals surface area contributed by atoms with Gasteiger partial charge < -0.3 is 5.73 Å². The molecular formula is C15H12ClFN4. The molecule has 0 atom stereocenters. The van der Waals surface area contributed by atoms with Gasteiger partial charge >= 0.3 is 0 Å². The number of aromatic nitrogens is 3. The molecule has 0 bridgehead atoms. The maximum Gasteiger partial charge on any atom is 0.150 e. The molecule has 0 saturated carbocycles. The van der Waals surface area contributed by atoms with Crippen LogP contribution in [0.15, 0.2) is 42.7 Å². The van der Waals surface area contributed by atoms with Crippen LogP contribution in [0.3, 0.4) is 0 Å². The number of pyridine rings is 1. The second kappa shape index (κ2) is 5.18. The molecule has 0 aliphatic heterocycles. The molecule has 4 nitrogen and oxygen atoms in total. The largest absolute Gasteiger partial charge is 0.383 e. The van der Waals surface area contributed by atoms with E-state index >= 15 is 0 Å². The van der Waals surface area contributed by atoms with E-state index in [-0.39, 0.29) is 0 Å². The lowest BCUT2D eigenvalue weighted by molar-refractivity contribution is 0.623.